The van der Waals surface area contributed by atoms with Crippen molar-refractivity contribution in [1.29, 1.82) is 0 Å². The molecule has 14 heavy (non-hydrogen) atoms. The van der Waals surface area contributed by atoms with Gasteiger partial charge in [0.2, 0.25) is 0 Å². The summed E-state index contributed by atoms with van der Waals surface area (Å²) in [6, 6.07) is 0. The Hall–Kier alpha value is -1.17. The molecular weight excluding hydrogens is 200 g/mol. The average Bonchev–Trinajstić information content (AvgIpc) is 2.15. The molecule has 0 bridgehead atoms. The molecule has 0 aliphatic carbocycles. The van der Waals surface area contributed by atoms with Gasteiger partial charge >= 0.3 is 0 Å². The zero-order chi connectivity index (χ0) is 11.1. The maximum Gasteiger partial charge on any atom is 0.269 e. The van der Waals surface area contributed by atoms with Gasteiger partial charge in [-0.2, -0.15) is 5.10 Å². The van der Waals surface area contributed by atoms with Crippen LogP contribution in [0.25, 0.3) is 0 Å². The number of carbonyl (C=O) groups excluding carboxylic acids is 1. The second-order valence-corrected chi connectivity index (χ2v) is 3.09. The molecule has 0 aromatic heterocycles. The molecule has 0 unspecified atom stereocenters. The number of nitrogens with two attached hydrogens (primary N) is 1. The summed E-state index contributed by atoms with van der Waals surface area (Å²) in [5.41, 5.74) is 7.90. The van der Waals surface area contributed by atoms with Crippen molar-refractivity contribution in [3.63, 3.8) is 0 Å². The van der Waals surface area contributed by atoms with Crippen LogP contribution in [0.1, 0.15) is 20.8 Å². The molecule has 3 N–H and O–H groups in total. The highest BCUT2D eigenvalue weighted by Gasteiger charge is 2.12. The Morgan fingerprint density at radius 2 is 2.00 bits per heavy atom. The molecule has 0 spiro atoms. The van der Waals surface area contributed by atoms with E-state index in [2.05, 4.69) is 22.7 Å². The molecule has 80 valence electrons. The average molecular weight is 216 g/mol. The topological polar surface area (TPSA) is 70.7 Å². The Labute approximate surface area is 89.3 Å². The summed E-state index contributed by atoms with van der Waals surface area (Å²) in [6.45, 7) is 6.77. The molecule has 0 aromatic carbocycles. The second kappa shape index (κ2) is 6.31. The second-order valence-electron chi connectivity index (χ2n) is 2.65. The van der Waals surface area contributed by atoms with Crippen LogP contribution < -0.4 is 11.2 Å². The fourth-order valence-electron chi connectivity index (χ4n) is 0.926. The molecule has 0 atom stereocenters. The van der Waals surface area contributed by atoms with Gasteiger partial charge in [-0.05, 0) is 33.0 Å². The van der Waals surface area contributed by atoms with E-state index < -0.39 is 0 Å². The monoisotopic (exact) mass is 216 g/mol. The van der Waals surface area contributed by atoms with Gasteiger partial charge in [0, 0.05) is 13.1 Å². The SMILES string of the molecule is CCN(CC)C(=O)/C(C)=N/NC(N)=S. The molecule has 0 radical (unpaired) electrons. The van der Waals surface area contributed by atoms with Crippen molar-refractivity contribution >= 4 is 28.9 Å². The van der Waals surface area contributed by atoms with Crippen LogP contribution in [0.5, 0.6) is 0 Å². The van der Waals surface area contributed by atoms with E-state index in [1.165, 1.54) is 0 Å². The number of hydrogen-bond donors (Lipinski definition) is 2. The molecular formula is C8H16N4OS. The first-order valence-electron chi connectivity index (χ1n) is 4.41. The third kappa shape index (κ3) is 4.18. The summed E-state index contributed by atoms with van der Waals surface area (Å²) in [5, 5.41) is 3.80. The van der Waals surface area contributed by atoms with E-state index in [1.54, 1.807) is 11.8 Å². The normalized spacial score (nSPS) is 10.9. The minimum Gasteiger partial charge on any atom is -0.375 e. The highest BCUT2D eigenvalue weighted by molar-refractivity contribution is 7.80. The lowest BCUT2D eigenvalue weighted by Gasteiger charge is -2.17. The predicted molar refractivity (Wildman–Crippen MR) is 61.0 cm³/mol. The van der Waals surface area contributed by atoms with E-state index in [0.717, 1.165) is 0 Å². The third-order valence-corrected chi connectivity index (χ3v) is 1.79. The largest absolute Gasteiger partial charge is 0.375 e. The highest BCUT2D eigenvalue weighted by Crippen LogP contribution is 1.91. The molecule has 5 nitrogen and oxygen atoms in total. The van der Waals surface area contributed by atoms with Gasteiger partial charge in [-0.25, -0.2) is 0 Å². The summed E-state index contributed by atoms with van der Waals surface area (Å²) < 4.78 is 0. The van der Waals surface area contributed by atoms with Crippen LogP contribution >= 0.6 is 12.2 Å². The first-order valence-corrected chi connectivity index (χ1v) is 4.82. The van der Waals surface area contributed by atoms with Crippen molar-refractivity contribution in [1.82, 2.24) is 10.3 Å². The van der Waals surface area contributed by atoms with Crippen molar-refractivity contribution in [2.24, 2.45) is 10.8 Å². The smallest absolute Gasteiger partial charge is 0.269 e. The van der Waals surface area contributed by atoms with Crippen LogP contribution in [-0.2, 0) is 4.79 Å². The van der Waals surface area contributed by atoms with Crippen LogP contribution in [-0.4, -0.2) is 34.7 Å². The third-order valence-electron chi connectivity index (χ3n) is 1.69. The van der Waals surface area contributed by atoms with Crippen molar-refractivity contribution in [2.75, 3.05) is 13.1 Å². The van der Waals surface area contributed by atoms with E-state index in [4.69, 9.17) is 5.73 Å². The number of hydrogen-bond acceptors (Lipinski definition) is 3. The van der Waals surface area contributed by atoms with E-state index >= 15 is 0 Å². The van der Waals surface area contributed by atoms with Crippen LogP contribution in [0.3, 0.4) is 0 Å². The van der Waals surface area contributed by atoms with E-state index in [1.807, 2.05) is 13.8 Å². The van der Waals surface area contributed by atoms with E-state index in [9.17, 15) is 4.79 Å². The quantitative estimate of drug-likeness (QED) is 0.396. The van der Waals surface area contributed by atoms with E-state index in [0.29, 0.717) is 18.8 Å². The molecule has 0 aliphatic heterocycles. The number of rotatable bonds is 4. The molecule has 0 rings (SSSR count). The lowest BCUT2D eigenvalue weighted by Crippen LogP contribution is -2.36. The minimum absolute atomic E-state index is 0.0525. The summed E-state index contributed by atoms with van der Waals surface area (Å²) in [6.07, 6.45) is 0. The van der Waals surface area contributed by atoms with Gasteiger partial charge in [0.05, 0.1) is 0 Å². The number of hydrazone groups is 1. The summed E-state index contributed by atoms with van der Waals surface area (Å²) in [5.74, 6) is -0.112. The molecule has 0 aromatic rings. The van der Waals surface area contributed by atoms with Gasteiger partial charge < -0.3 is 10.6 Å². The highest BCUT2D eigenvalue weighted by atomic mass is 32.1. The van der Waals surface area contributed by atoms with Crippen molar-refractivity contribution in [3.05, 3.63) is 0 Å². The number of thiocarbonyl (C=S) groups is 1. The lowest BCUT2D eigenvalue weighted by atomic mass is 10.3. The summed E-state index contributed by atoms with van der Waals surface area (Å²) in [4.78, 5) is 13.3. The van der Waals surface area contributed by atoms with Crippen molar-refractivity contribution in [2.45, 2.75) is 20.8 Å². The molecule has 0 saturated heterocycles. The van der Waals surface area contributed by atoms with Gasteiger partial charge in [-0.15, -0.1) is 0 Å². The zero-order valence-corrected chi connectivity index (χ0v) is 9.52. The number of nitrogens with one attached hydrogen (secondary N) is 1. The van der Waals surface area contributed by atoms with Gasteiger partial charge in [-0.1, -0.05) is 0 Å². The Kier molecular flexibility index (Phi) is 5.78. The standard InChI is InChI=1S/C8H16N4OS/c1-4-12(5-2)7(13)6(3)10-11-8(9)14/h4-5H2,1-3H3,(H3,9,11,14)/b10-6+. The Morgan fingerprint density at radius 3 is 2.36 bits per heavy atom. The molecule has 6 heteroatoms. The van der Waals surface area contributed by atoms with Gasteiger partial charge in [0.25, 0.3) is 5.91 Å². The number of amides is 1. The molecule has 1 amide bonds. The molecule has 0 aliphatic rings. The van der Waals surface area contributed by atoms with Crippen LogP contribution in [0.15, 0.2) is 5.10 Å². The first-order chi connectivity index (χ1) is 6.52. The summed E-state index contributed by atoms with van der Waals surface area (Å²) >= 11 is 4.56. The molecule has 0 fully saturated rings. The van der Waals surface area contributed by atoms with Crippen molar-refractivity contribution < 1.29 is 4.79 Å². The van der Waals surface area contributed by atoms with Gasteiger partial charge in [-0.3, -0.25) is 10.2 Å². The lowest BCUT2D eigenvalue weighted by molar-refractivity contribution is -0.123. The van der Waals surface area contributed by atoms with Gasteiger partial charge in [0.15, 0.2) is 5.11 Å². The van der Waals surface area contributed by atoms with Crippen molar-refractivity contribution in [3.8, 4) is 0 Å². The Bertz CT molecular complexity index is 248. The fraction of sp³-hybridized carbons (Fsp3) is 0.625. The van der Waals surface area contributed by atoms with Crippen LogP contribution in [0, 0.1) is 0 Å². The zero-order valence-electron chi connectivity index (χ0n) is 8.70. The maximum absolute atomic E-state index is 11.6. The number of nitrogens with zero attached hydrogens (tertiary/aromatic N) is 2. The van der Waals surface area contributed by atoms with Gasteiger partial charge in [0.1, 0.15) is 5.71 Å². The fourth-order valence-corrected chi connectivity index (χ4v) is 0.972. The summed E-state index contributed by atoms with van der Waals surface area (Å²) in [7, 11) is 0. The maximum atomic E-state index is 11.6. The minimum atomic E-state index is -0.112. The number of carbonyl (C=O) groups is 1. The van der Waals surface area contributed by atoms with Crippen LogP contribution in [0.2, 0.25) is 0 Å². The Balaban J connectivity index is 4.36. The predicted octanol–water partition coefficient (Wildman–Crippen LogP) is 0.0639. The van der Waals surface area contributed by atoms with E-state index in [-0.39, 0.29) is 11.0 Å². The van der Waals surface area contributed by atoms with Crippen LogP contribution in [0.4, 0.5) is 0 Å². The Morgan fingerprint density at radius 1 is 1.50 bits per heavy atom. The first kappa shape index (κ1) is 12.8. The molecule has 0 saturated carbocycles. The molecule has 0 heterocycles.